The van der Waals surface area contributed by atoms with Gasteiger partial charge in [0.15, 0.2) is 0 Å². The van der Waals surface area contributed by atoms with Crippen LogP contribution in [0, 0.1) is 13.8 Å². The summed E-state index contributed by atoms with van der Waals surface area (Å²) < 4.78 is 0. The number of carbonyl (C=O) groups is 3. The van der Waals surface area contributed by atoms with Gasteiger partial charge in [0.05, 0.1) is 19.0 Å². The lowest BCUT2D eigenvalue weighted by Gasteiger charge is -2.18. The minimum absolute atomic E-state index is 0.224. The van der Waals surface area contributed by atoms with Crippen LogP contribution in [0.2, 0.25) is 0 Å². The molecule has 0 aliphatic carbocycles. The average Bonchev–Trinajstić information content (AvgIpc) is 2.96. The largest absolute Gasteiger partial charge is 0.481 e. The topological polar surface area (TPSA) is 133 Å². The van der Waals surface area contributed by atoms with Crippen molar-refractivity contribution in [2.45, 2.75) is 45.6 Å². The maximum atomic E-state index is 12.6. The second kappa shape index (κ2) is 14.0. The van der Waals surface area contributed by atoms with Crippen LogP contribution in [0.3, 0.4) is 0 Å². The maximum Gasteiger partial charge on any atom is 0.305 e. The van der Waals surface area contributed by atoms with Crippen molar-refractivity contribution in [3.8, 4) is 11.1 Å². The number of aryl methyl sites for hydroxylation is 2. The van der Waals surface area contributed by atoms with Crippen molar-refractivity contribution in [2.24, 2.45) is 0 Å². The van der Waals surface area contributed by atoms with Crippen molar-refractivity contribution in [3.05, 3.63) is 89.7 Å². The van der Waals surface area contributed by atoms with Crippen LogP contribution >= 0.6 is 0 Å². The third-order valence-electron chi connectivity index (χ3n) is 6.83. The zero-order chi connectivity index (χ0) is 29.2. The van der Waals surface area contributed by atoms with Gasteiger partial charge in [-0.2, -0.15) is 0 Å². The van der Waals surface area contributed by atoms with E-state index >= 15 is 0 Å². The molecule has 4 rings (SSSR count). The fourth-order valence-electron chi connectivity index (χ4n) is 4.68. The molecule has 0 radical (unpaired) electrons. The van der Waals surface area contributed by atoms with E-state index in [4.69, 9.17) is 0 Å². The number of nitrogens with zero attached hydrogens (tertiary/aromatic N) is 2. The second-order valence-corrected chi connectivity index (χ2v) is 10.00. The number of aromatic nitrogens is 2. The predicted molar refractivity (Wildman–Crippen MR) is 159 cm³/mol. The highest BCUT2D eigenvalue weighted by atomic mass is 16.4. The molecule has 1 heterocycles. The first-order valence-corrected chi connectivity index (χ1v) is 13.7. The third kappa shape index (κ3) is 8.35. The molecular formula is C32H35N5O4. The number of carbonyl (C=O) groups excluding carboxylic acids is 2. The molecule has 0 aliphatic rings. The zero-order valence-corrected chi connectivity index (χ0v) is 23.3. The minimum Gasteiger partial charge on any atom is -0.481 e. The van der Waals surface area contributed by atoms with E-state index < -0.39 is 17.9 Å². The number of unbranched alkanes of at least 4 members (excludes halogenated alkanes) is 1. The van der Waals surface area contributed by atoms with E-state index in [-0.39, 0.29) is 25.3 Å². The average molecular weight is 554 g/mol. The smallest absolute Gasteiger partial charge is 0.305 e. The van der Waals surface area contributed by atoms with E-state index in [9.17, 15) is 19.5 Å². The lowest BCUT2D eigenvalue weighted by atomic mass is 9.94. The quantitative estimate of drug-likeness (QED) is 0.172. The molecule has 1 unspecified atom stereocenters. The van der Waals surface area contributed by atoms with Gasteiger partial charge in [-0.1, -0.05) is 60.7 Å². The molecule has 0 bridgehead atoms. The Labute approximate surface area is 239 Å². The molecule has 41 heavy (non-hydrogen) atoms. The standard InChI is InChI=1S/C32H35N5O4/c1-21-10-15-26(27-8-4-3-7-25(21)27)23-11-13-24(14-12-23)28(19-31(40)41)37-30(39)20-35-29(38)9-5-6-17-33-32-34-18-16-22(2)36-32/h3-4,7-8,10-16,18,28H,5-6,9,17,19-20H2,1-2H3,(H,35,38)(H,37,39)(H,40,41)(H,33,34,36). The van der Waals surface area contributed by atoms with E-state index in [1.165, 1.54) is 10.9 Å². The van der Waals surface area contributed by atoms with Gasteiger partial charge in [-0.3, -0.25) is 14.4 Å². The SMILES string of the molecule is Cc1ccnc(NCCCCC(=O)NCC(=O)NC(CC(=O)O)c2ccc(-c3ccc(C)c4ccccc34)cc2)n1. The second-order valence-electron chi connectivity index (χ2n) is 10.00. The number of benzene rings is 3. The number of rotatable bonds is 13. The van der Waals surface area contributed by atoms with Crippen LogP contribution in [-0.2, 0) is 14.4 Å². The highest BCUT2D eigenvalue weighted by Crippen LogP contribution is 2.31. The van der Waals surface area contributed by atoms with E-state index in [1.807, 2.05) is 49.4 Å². The molecular weight excluding hydrogens is 518 g/mol. The molecule has 9 nitrogen and oxygen atoms in total. The Bertz CT molecular complexity index is 1520. The maximum absolute atomic E-state index is 12.6. The molecule has 2 amide bonds. The van der Waals surface area contributed by atoms with Gasteiger partial charge >= 0.3 is 5.97 Å². The third-order valence-corrected chi connectivity index (χ3v) is 6.83. The van der Waals surface area contributed by atoms with Gasteiger partial charge < -0.3 is 21.1 Å². The number of anilines is 1. The molecule has 1 atom stereocenters. The van der Waals surface area contributed by atoms with E-state index in [0.29, 0.717) is 24.5 Å². The summed E-state index contributed by atoms with van der Waals surface area (Å²) in [5.74, 6) is -1.16. The van der Waals surface area contributed by atoms with Crippen molar-refractivity contribution in [3.63, 3.8) is 0 Å². The number of nitrogens with one attached hydrogen (secondary N) is 3. The number of carboxylic acids is 1. The van der Waals surface area contributed by atoms with Gasteiger partial charge in [0.1, 0.15) is 0 Å². The van der Waals surface area contributed by atoms with Crippen LogP contribution in [0.4, 0.5) is 5.95 Å². The van der Waals surface area contributed by atoms with Crippen LogP contribution in [0.25, 0.3) is 21.9 Å². The summed E-state index contributed by atoms with van der Waals surface area (Å²) in [4.78, 5) is 44.8. The van der Waals surface area contributed by atoms with Crippen LogP contribution in [0.1, 0.15) is 48.5 Å². The van der Waals surface area contributed by atoms with Crippen LogP contribution in [-0.4, -0.2) is 45.9 Å². The molecule has 0 saturated heterocycles. The van der Waals surface area contributed by atoms with Gasteiger partial charge in [0.2, 0.25) is 17.8 Å². The molecule has 212 valence electrons. The molecule has 9 heteroatoms. The summed E-state index contributed by atoms with van der Waals surface area (Å²) in [5.41, 5.74) is 4.83. The molecule has 3 aromatic carbocycles. The summed E-state index contributed by atoms with van der Waals surface area (Å²) >= 11 is 0. The van der Waals surface area contributed by atoms with E-state index in [1.54, 1.807) is 6.20 Å². The Morgan fingerprint density at radius 1 is 0.878 bits per heavy atom. The first kappa shape index (κ1) is 29.2. The number of carboxylic acid groups (broad SMARTS) is 1. The Hall–Kier alpha value is -4.79. The Kier molecular flexibility index (Phi) is 9.99. The van der Waals surface area contributed by atoms with Crippen molar-refractivity contribution in [2.75, 3.05) is 18.4 Å². The molecule has 4 N–H and O–H groups in total. The first-order valence-electron chi connectivity index (χ1n) is 13.7. The lowest BCUT2D eigenvalue weighted by molar-refractivity contribution is -0.138. The van der Waals surface area contributed by atoms with Crippen LogP contribution < -0.4 is 16.0 Å². The Morgan fingerprint density at radius 3 is 2.37 bits per heavy atom. The summed E-state index contributed by atoms with van der Waals surface area (Å²) in [6.45, 7) is 4.38. The number of hydrogen-bond acceptors (Lipinski definition) is 6. The van der Waals surface area contributed by atoms with Gasteiger partial charge in [-0.25, -0.2) is 9.97 Å². The molecule has 0 aliphatic heterocycles. The van der Waals surface area contributed by atoms with Gasteiger partial charge in [0, 0.05) is 24.9 Å². The van der Waals surface area contributed by atoms with Crippen molar-refractivity contribution in [1.82, 2.24) is 20.6 Å². The fraction of sp³-hybridized carbons (Fsp3) is 0.281. The number of amides is 2. The Morgan fingerprint density at radius 2 is 1.63 bits per heavy atom. The summed E-state index contributed by atoms with van der Waals surface area (Å²) in [7, 11) is 0. The highest BCUT2D eigenvalue weighted by Gasteiger charge is 2.19. The monoisotopic (exact) mass is 553 g/mol. The molecule has 4 aromatic rings. The number of hydrogen-bond donors (Lipinski definition) is 4. The van der Waals surface area contributed by atoms with Gasteiger partial charge in [0.25, 0.3) is 0 Å². The normalized spacial score (nSPS) is 11.6. The van der Waals surface area contributed by atoms with Crippen molar-refractivity contribution < 1.29 is 19.5 Å². The minimum atomic E-state index is -1.03. The molecule has 0 fully saturated rings. The van der Waals surface area contributed by atoms with Crippen LogP contribution in [0.5, 0.6) is 0 Å². The zero-order valence-electron chi connectivity index (χ0n) is 23.3. The highest BCUT2D eigenvalue weighted by molar-refractivity contribution is 5.98. The van der Waals surface area contributed by atoms with Gasteiger partial charge in [-0.05, 0) is 65.8 Å². The summed E-state index contributed by atoms with van der Waals surface area (Å²) in [5, 5.41) is 20.3. The predicted octanol–water partition coefficient (Wildman–Crippen LogP) is 4.94. The van der Waals surface area contributed by atoms with Crippen molar-refractivity contribution in [1.29, 1.82) is 0 Å². The summed E-state index contributed by atoms with van der Waals surface area (Å²) in [6.07, 6.45) is 3.07. The van der Waals surface area contributed by atoms with Gasteiger partial charge in [-0.15, -0.1) is 0 Å². The molecule has 0 spiro atoms. The van der Waals surface area contributed by atoms with Crippen molar-refractivity contribution >= 4 is 34.5 Å². The fourth-order valence-corrected chi connectivity index (χ4v) is 4.68. The number of aliphatic carboxylic acids is 1. The Balaban J connectivity index is 1.28. The number of fused-ring (bicyclic) bond motifs is 1. The summed E-state index contributed by atoms with van der Waals surface area (Å²) in [6, 6.07) is 21.0. The van der Waals surface area contributed by atoms with E-state index in [2.05, 4.69) is 57.1 Å². The molecule has 1 aromatic heterocycles. The molecule has 0 saturated carbocycles. The first-order chi connectivity index (χ1) is 19.8. The lowest BCUT2D eigenvalue weighted by Crippen LogP contribution is -2.39. The van der Waals surface area contributed by atoms with Crippen LogP contribution in [0.15, 0.2) is 72.9 Å². The van der Waals surface area contributed by atoms with E-state index in [0.717, 1.165) is 28.6 Å².